The maximum absolute atomic E-state index is 10.6. The van der Waals surface area contributed by atoms with E-state index in [1.165, 1.54) is 25.1 Å². The zero-order chi connectivity index (χ0) is 14.5. The molecular weight excluding hydrogens is 264 g/mol. The maximum Gasteiger partial charge on any atom is 0.335 e. The molecule has 7 nitrogen and oxygen atoms in total. The predicted octanol–water partition coefficient (Wildman–Crippen LogP) is 0.895. The summed E-state index contributed by atoms with van der Waals surface area (Å²) in [6, 6.07) is 4.17. The van der Waals surface area contributed by atoms with E-state index in [0.29, 0.717) is 6.26 Å². The second-order valence-electron chi connectivity index (χ2n) is 3.32. The van der Waals surface area contributed by atoms with E-state index in [1.54, 1.807) is 0 Å². The van der Waals surface area contributed by atoms with Gasteiger partial charge in [-0.2, -0.15) is 8.42 Å². The van der Waals surface area contributed by atoms with Crippen molar-refractivity contribution in [2.75, 3.05) is 6.26 Å². The molecule has 100 valence electrons. The van der Waals surface area contributed by atoms with E-state index in [2.05, 4.69) is 0 Å². The van der Waals surface area contributed by atoms with E-state index in [1.807, 2.05) is 0 Å². The summed E-state index contributed by atoms with van der Waals surface area (Å²) in [6.07, 6.45) is 0.715. The third-order valence-corrected chi connectivity index (χ3v) is 1.79. The van der Waals surface area contributed by atoms with Crippen molar-refractivity contribution in [1.82, 2.24) is 0 Å². The van der Waals surface area contributed by atoms with E-state index in [0.717, 1.165) is 0 Å². The van der Waals surface area contributed by atoms with Crippen LogP contribution in [0.3, 0.4) is 0 Å². The van der Waals surface area contributed by atoms with E-state index in [-0.39, 0.29) is 16.7 Å². The zero-order valence-corrected chi connectivity index (χ0v) is 10.4. The first-order valence-electron chi connectivity index (χ1n) is 4.52. The average Bonchev–Trinajstić information content (AvgIpc) is 2.14. The standard InChI is InChI=1S/C9H8O4.CH4O3S/c1-5-6(8(10)11)3-2-4-7(5)9(12)13;1-5(2,3)4/h2-4H,1H3,(H,10,11)(H,12,13);1H3,(H,2,3,4). The van der Waals surface area contributed by atoms with Gasteiger partial charge in [-0.05, 0) is 24.6 Å². The first-order valence-corrected chi connectivity index (χ1v) is 6.37. The topological polar surface area (TPSA) is 129 Å². The molecule has 0 spiro atoms. The highest BCUT2D eigenvalue weighted by atomic mass is 32.2. The van der Waals surface area contributed by atoms with Crippen LogP contribution in [0, 0.1) is 6.92 Å². The van der Waals surface area contributed by atoms with Crippen molar-refractivity contribution in [2.24, 2.45) is 0 Å². The van der Waals surface area contributed by atoms with Gasteiger partial charge in [-0.15, -0.1) is 0 Å². The van der Waals surface area contributed by atoms with Crippen LogP contribution < -0.4 is 0 Å². The molecule has 0 radical (unpaired) electrons. The van der Waals surface area contributed by atoms with Gasteiger partial charge < -0.3 is 10.2 Å². The van der Waals surface area contributed by atoms with Crippen molar-refractivity contribution in [3.8, 4) is 0 Å². The molecule has 0 saturated carbocycles. The third-order valence-electron chi connectivity index (χ3n) is 1.79. The van der Waals surface area contributed by atoms with Gasteiger partial charge >= 0.3 is 11.9 Å². The van der Waals surface area contributed by atoms with Gasteiger partial charge in [-0.25, -0.2) is 9.59 Å². The van der Waals surface area contributed by atoms with Gasteiger partial charge in [-0.3, -0.25) is 4.55 Å². The van der Waals surface area contributed by atoms with E-state index >= 15 is 0 Å². The normalized spacial score (nSPS) is 10.2. The molecule has 0 aliphatic heterocycles. The zero-order valence-electron chi connectivity index (χ0n) is 9.61. The number of carbonyl (C=O) groups is 2. The van der Waals surface area contributed by atoms with Gasteiger partial charge in [0, 0.05) is 0 Å². The van der Waals surface area contributed by atoms with Gasteiger partial charge in [0.05, 0.1) is 17.4 Å². The summed E-state index contributed by atoms with van der Waals surface area (Å²) >= 11 is 0. The molecule has 0 atom stereocenters. The second-order valence-corrected chi connectivity index (χ2v) is 4.79. The Morgan fingerprint density at radius 1 is 1.06 bits per heavy atom. The molecule has 0 fully saturated rings. The van der Waals surface area contributed by atoms with Crippen molar-refractivity contribution in [3.63, 3.8) is 0 Å². The molecule has 18 heavy (non-hydrogen) atoms. The lowest BCUT2D eigenvalue weighted by atomic mass is 10.0. The highest BCUT2D eigenvalue weighted by Crippen LogP contribution is 2.13. The lowest BCUT2D eigenvalue weighted by molar-refractivity contribution is 0.0696. The number of rotatable bonds is 2. The minimum absolute atomic E-state index is 0.0277. The fraction of sp³-hybridized carbons (Fsp3) is 0.200. The van der Waals surface area contributed by atoms with Crippen LogP contribution >= 0.6 is 0 Å². The second kappa shape index (κ2) is 6.12. The molecule has 3 N–H and O–H groups in total. The number of hydrogen-bond donors (Lipinski definition) is 3. The molecule has 8 heteroatoms. The molecule has 0 aromatic heterocycles. The lowest BCUT2D eigenvalue weighted by Gasteiger charge is -2.03. The van der Waals surface area contributed by atoms with E-state index in [9.17, 15) is 18.0 Å². The van der Waals surface area contributed by atoms with E-state index in [4.69, 9.17) is 14.8 Å². The summed E-state index contributed by atoms with van der Waals surface area (Å²) in [5.41, 5.74) is 0.335. The summed E-state index contributed by atoms with van der Waals surface area (Å²) in [5, 5.41) is 17.4. The summed E-state index contributed by atoms with van der Waals surface area (Å²) in [6.45, 7) is 1.48. The molecule has 0 heterocycles. The number of hydrogen-bond acceptors (Lipinski definition) is 4. The minimum Gasteiger partial charge on any atom is -0.478 e. The third kappa shape index (κ3) is 5.97. The molecule has 1 aromatic rings. The first-order chi connectivity index (χ1) is 8.04. The quantitative estimate of drug-likeness (QED) is 0.684. The molecule has 1 aromatic carbocycles. The Labute approximate surface area is 103 Å². The maximum atomic E-state index is 10.6. The molecule has 0 saturated heterocycles. The van der Waals surface area contributed by atoms with Crippen molar-refractivity contribution >= 4 is 22.1 Å². The highest BCUT2D eigenvalue weighted by Gasteiger charge is 2.13. The van der Waals surface area contributed by atoms with Crippen molar-refractivity contribution in [2.45, 2.75) is 6.92 Å². The van der Waals surface area contributed by atoms with Crippen LogP contribution in [0.4, 0.5) is 0 Å². The Balaban J connectivity index is 0.000000494. The highest BCUT2D eigenvalue weighted by molar-refractivity contribution is 7.85. The fourth-order valence-electron chi connectivity index (χ4n) is 1.10. The Kier molecular flexibility index (Phi) is 5.47. The van der Waals surface area contributed by atoms with Crippen LogP contribution in [0.1, 0.15) is 26.3 Å². The molecule has 0 unspecified atom stereocenters. The Morgan fingerprint density at radius 3 is 1.56 bits per heavy atom. The molecule has 0 bridgehead atoms. The first kappa shape index (κ1) is 16.1. The Hall–Kier alpha value is -1.93. The largest absolute Gasteiger partial charge is 0.478 e. The van der Waals surface area contributed by atoms with Crippen LogP contribution in [0.15, 0.2) is 18.2 Å². The van der Waals surface area contributed by atoms with Gasteiger partial charge in [0.25, 0.3) is 10.1 Å². The van der Waals surface area contributed by atoms with Crippen LogP contribution in [0.5, 0.6) is 0 Å². The summed E-state index contributed by atoms with van der Waals surface area (Å²) in [4.78, 5) is 21.2. The van der Waals surface area contributed by atoms with Crippen molar-refractivity contribution < 1.29 is 32.8 Å². The fourth-order valence-corrected chi connectivity index (χ4v) is 1.10. The molecule has 0 aliphatic carbocycles. The smallest absolute Gasteiger partial charge is 0.335 e. The Morgan fingerprint density at radius 2 is 1.33 bits per heavy atom. The molecule has 1 rings (SSSR count). The number of carboxylic acid groups (broad SMARTS) is 2. The number of aromatic carboxylic acids is 2. The minimum atomic E-state index is -3.67. The van der Waals surface area contributed by atoms with Crippen molar-refractivity contribution in [3.05, 3.63) is 34.9 Å². The van der Waals surface area contributed by atoms with Crippen LogP contribution in [0.25, 0.3) is 0 Å². The van der Waals surface area contributed by atoms with Gasteiger partial charge in [-0.1, -0.05) is 6.07 Å². The lowest BCUT2D eigenvalue weighted by Crippen LogP contribution is -2.06. The van der Waals surface area contributed by atoms with Gasteiger partial charge in [0.15, 0.2) is 0 Å². The summed E-state index contributed by atoms with van der Waals surface area (Å²) in [7, 11) is -3.67. The molecule has 0 amide bonds. The number of benzene rings is 1. The van der Waals surface area contributed by atoms with Gasteiger partial charge in [0.2, 0.25) is 0 Å². The van der Waals surface area contributed by atoms with Crippen molar-refractivity contribution in [1.29, 1.82) is 0 Å². The Bertz CT molecular complexity index is 519. The van der Waals surface area contributed by atoms with Crippen LogP contribution in [0.2, 0.25) is 0 Å². The molecule has 0 aliphatic rings. The van der Waals surface area contributed by atoms with E-state index < -0.39 is 22.1 Å². The number of carboxylic acids is 2. The van der Waals surface area contributed by atoms with Gasteiger partial charge in [0.1, 0.15) is 0 Å². The molecular formula is C10H12O7S. The monoisotopic (exact) mass is 276 g/mol. The SMILES string of the molecule is CS(=O)(=O)O.Cc1c(C(=O)O)cccc1C(=O)O. The predicted molar refractivity (Wildman–Crippen MR) is 62.6 cm³/mol. The van der Waals surface area contributed by atoms with Crippen LogP contribution in [-0.2, 0) is 10.1 Å². The average molecular weight is 276 g/mol. The summed E-state index contributed by atoms with van der Waals surface area (Å²) < 4.78 is 25.9. The summed E-state index contributed by atoms with van der Waals surface area (Å²) in [5.74, 6) is -2.22. The van der Waals surface area contributed by atoms with Crippen LogP contribution in [-0.4, -0.2) is 41.4 Å².